The molecule has 0 aromatic heterocycles. The molecule has 0 saturated heterocycles. The molecule has 13 rings (SSSR count). The molecule has 11 aromatic carbocycles. The summed E-state index contributed by atoms with van der Waals surface area (Å²) in [6.07, 6.45) is 1.66. The van der Waals surface area contributed by atoms with Crippen LogP contribution in [0.25, 0.3) is 43.1 Å². The fourth-order valence-electron chi connectivity index (χ4n) is 12.1. The summed E-state index contributed by atoms with van der Waals surface area (Å²) >= 11 is 0. The van der Waals surface area contributed by atoms with E-state index in [-0.39, 0.29) is 136 Å². The zero-order valence-corrected chi connectivity index (χ0v) is 53.5. The molecule has 30 heteroatoms. The highest BCUT2D eigenvalue weighted by molar-refractivity contribution is 7.86. The lowest BCUT2D eigenvalue weighted by atomic mass is 9.80. The lowest BCUT2D eigenvalue weighted by Crippen LogP contribution is -2.40. The summed E-state index contributed by atoms with van der Waals surface area (Å²) in [6.45, 7) is 0. The Hall–Kier alpha value is -11.2. The number of carbonyl (C=O) groups is 6. The normalized spacial score (nSPS) is 13.5. The van der Waals surface area contributed by atoms with E-state index in [9.17, 15) is 61.5 Å². The van der Waals surface area contributed by atoms with Crippen molar-refractivity contribution in [2.75, 3.05) is 9.80 Å². The molecule has 0 radical (unpaired) electrons. The Labute approximate surface area is 555 Å². The first-order valence-electron chi connectivity index (χ1n) is 29.3. The summed E-state index contributed by atoms with van der Waals surface area (Å²) in [5, 5.41) is -0.958. The summed E-state index contributed by atoms with van der Waals surface area (Å²) in [7, 11) is -19.3. The molecule has 11 aromatic rings. The van der Waals surface area contributed by atoms with Crippen LogP contribution in [-0.2, 0) is 62.9 Å². The van der Waals surface area contributed by atoms with E-state index >= 15 is 19.2 Å². The van der Waals surface area contributed by atoms with Crippen molar-refractivity contribution < 1.29 is 99.6 Å². The van der Waals surface area contributed by atoms with Gasteiger partial charge in [-0.3, -0.25) is 47.0 Å². The Kier molecular flexibility index (Phi) is 16.3. The third kappa shape index (κ3) is 12.2. The third-order valence-corrected chi connectivity index (χ3v) is 19.9. The number of fused-ring (bicyclic) bond motifs is 2. The van der Waals surface area contributed by atoms with Crippen molar-refractivity contribution >= 4 is 130 Å². The number of primary amides is 2. The van der Waals surface area contributed by atoms with Crippen LogP contribution in [-0.4, -0.2) is 87.3 Å². The van der Waals surface area contributed by atoms with Crippen LogP contribution in [0.1, 0.15) is 78.2 Å². The van der Waals surface area contributed by atoms with E-state index in [1.54, 1.807) is 24.3 Å². The van der Waals surface area contributed by atoms with Gasteiger partial charge in [-0.05, 0) is 182 Å². The highest BCUT2D eigenvalue weighted by Gasteiger charge is 2.43. The number of imide groups is 2. The van der Waals surface area contributed by atoms with Crippen molar-refractivity contribution in [2.45, 2.75) is 58.1 Å². The van der Waals surface area contributed by atoms with Gasteiger partial charge in [0.1, 0.15) is 46.0 Å². The quantitative estimate of drug-likeness (QED) is 0.0159. The van der Waals surface area contributed by atoms with Crippen LogP contribution < -0.4 is 40.2 Å². The first kappa shape index (κ1) is 65.4. The van der Waals surface area contributed by atoms with Gasteiger partial charge in [0.05, 0.1) is 53.2 Å². The highest BCUT2D eigenvalue weighted by Crippen LogP contribution is 2.58. The van der Waals surface area contributed by atoms with Crippen LogP contribution >= 0.6 is 0 Å². The predicted molar refractivity (Wildman–Crippen MR) is 352 cm³/mol. The number of rotatable bonds is 22. The number of hydrogen-bond donors (Lipinski definition) is 6. The van der Waals surface area contributed by atoms with Gasteiger partial charge in [0.2, 0.25) is 11.8 Å². The van der Waals surface area contributed by atoms with E-state index in [1.165, 1.54) is 48.5 Å². The van der Waals surface area contributed by atoms with Gasteiger partial charge in [0.25, 0.3) is 64.1 Å². The minimum Gasteiger partial charge on any atom is -0.457 e. The molecule has 6 amide bonds. The second-order valence-electron chi connectivity index (χ2n) is 22.7. The number of carbonyl (C=O) groups excluding carboxylic acids is 6. The Balaban J connectivity index is 1.19. The van der Waals surface area contributed by atoms with Crippen LogP contribution in [0.15, 0.2) is 189 Å². The van der Waals surface area contributed by atoms with E-state index in [1.807, 2.05) is 0 Å². The van der Waals surface area contributed by atoms with Crippen molar-refractivity contribution in [3.05, 3.63) is 203 Å². The van der Waals surface area contributed by atoms with Gasteiger partial charge in [-0.25, -0.2) is 9.80 Å². The number of nitrogens with zero attached hydrogens (tertiary/aromatic N) is 2. The van der Waals surface area contributed by atoms with Crippen molar-refractivity contribution in [1.29, 1.82) is 0 Å². The SMILES string of the molecule is NC(=O)CCCc1ccc(N2C(=O)c3cc(Oc4ccc(S(=O)(=O)O)cc4)c4c5c(Oc6ccc(S(=O)(=O)O)cc6)cc6c7c(cc(Oc8ccc(S(=O)(=O)O)cc8)c(c8c(Oc9ccc(S(=O)(=O)O)cc9)cc(c3c48)C2=O)c75)C(=O)N(c2ccc(CCCC(N)=O)cc2)C6=O)cc1. The molecule has 8 N–H and O–H groups in total. The molecule has 0 spiro atoms. The van der Waals surface area contributed by atoms with Crippen LogP contribution in [0, 0.1) is 0 Å². The maximum absolute atomic E-state index is 15.8. The summed E-state index contributed by atoms with van der Waals surface area (Å²) in [5.74, 6) is -6.77. The Morgan fingerprint density at radius 3 is 0.755 bits per heavy atom. The fourth-order valence-corrected chi connectivity index (χ4v) is 14.0. The predicted octanol–water partition coefficient (Wildman–Crippen LogP) is 11.1. The first-order chi connectivity index (χ1) is 46.4. The van der Waals surface area contributed by atoms with E-state index in [0.29, 0.717) is 36.8 Å². The van der Waals surface area contributed by atoms with Gasteiger partial charge < -0.3 is 30.4 Å². The van der Waals surface area contributed by atoms with Crippen LogP contribution in [0.5, 0.6) is 46.0 Å². The fraction of sp³-hybridized carbons (Fsp3) is 0.0882. The lowest BCUT2D eigenvalue weighted by molar-refractivity contribution is -0.118. The standard InChI is InChI=1S/C68H48N4O22S4/c69-55(73)5-1-3-35-7-11-37(12-8-35)71-65(75)47-31-51(91-39-15-23-43(24-16-39)95(79,80)81)59-61-53(93-41-19-27-45(28-20-41)97(85,86)87)33-49-58-50(68(78)72(67(49)77)38-13-9-36(10-14-38)4-2-6-56(70)74)34-54(94-42-21-29-46(30-22-42)98(88,89)90)62(64(58)61)60-52(32-48(66(71)76)57(47)63(59)60)92-40-17-25-44(26-18-40)96(82,83)84/h7-34H,1-6H2,(H2,69,73)(H2,70,74)(H,79,80,81)(H,82,83,84)(H,85,86,87)(H,88,89,90). The zero-order valence-electron chi connectivity index (χ0n) is 50.2. The lowest BCUT2D eigenvalue weighted by Gasteiger charge is -2.32. The number of benzene rings is 11. The molecule has 0 unspecified atom stereocenters. The van der Waals surface area contributed by atoms with Crippen LogP contribution in [0.4, 0.5) is 11.4 Å². The van der Waals surface area contributed by atoms with Gasteiger partial charge in [-0.2, -0.15) is 33.7 Å². The topological polar surface area (TPSA) is 415 Å². The van der Waals surface area contributed by atoms with E-state index in [4.69, 9.17) is 30.4 Å². The number of nitrogens with two attached hydrogens (primary N) is 2. The maximum Gasteiger partial charge on any atom is 0.294 e. The molecule has 0 aliphatic carbocycles. The molecular formula is C68H48N4O22S4. The minimum atomic E-state index is -4.82. The molecule has 2 heterocycles. The number of aryl methyl sites for hydroxylation is 2. The molecule has 0 saturated carbocycles. The zero-order chi connectivity index (χ0) is 69.7. The highest BCUT2D eigenvalue weighted by atomic mass is 32.2. The summed E-state index contributed by atoms with van der Waals surface area (Å²) in [6, 6.07) is 34.9. The molecule has 2 aliphatic rings. The maximum atomic E-state index is 15.8. The number of anilines is 2. The smallest absolute Gasteiger partial charge is 0.294 e. The second-order valence-corrected chi connectivity index (χ2v) is 28.4. The molecular weight excluding hydrogens is 1350 g/mol. The number of ether oxygens (including phenoxy) is 4. The number of hydrogen-bond acceptors (Lipinski definition) is 18. The van der Waals surface area contributed by atoms with Crippen molar-refractivity contribution in [3.8, 4) is 46.0 Å². The van der Waals surface area contributed by atoms with Gasteiger partial charge in [0.15, 0.2) is 0 Å². The summed E-state index contributed by atoms with van der Waals surface area (Å²) in [5.41, 5.74) is 11.3. The van der Waals surface area contributed by atoms with E-state index in [0.717, 1.165) is 107 Å². The number of amides is 6. The first-order valence-corrected chi connectivity index (χ1v) is 35.1. The average Bonchev–Trinajstić information content (AvgIpc) is 0.672. The average molecular weight is 1400 g/mol. The molecule has 496 valence electrons. The summed E-state index contributed by atoms with van der Waals surface area (Å²) in [4.78, 5) is 85.7. The Morgan fingerprint density at radius 2 is 0.551 bits per heavy atom. The van der Waals surface area contributed by atoms with Gasteiger partial charge in [-0.1, -0.05) is 24.3 Å². The summed E-state index contributed by atoms with van der Waals surface area (Å²) < 4.78 is 167. The molecule has 98 heavy (non-hydrogen) atoms. The third-order valence-electron chi connectivity index (χ3n) is 16.5. The van der Waals surface area contributed by atoms with Crippen molar-refractivity contribution in [1.82, 2.24) is 0 Å². The van der Waals surface area contributed by atoms with Crippen LogP contribution in [0.3, 0.4) is 0 Å². The van der Waals surface area contributed by atoms with Crippen molar-refractivity contribution in [2.24, 2.45) is 11.5 Å². The van der Waals surface area contributed by atoms with Gasteiger partial charge in [-0.15, -0.1) is 0 Å². The van der Waals surface area contributed by atoms with Gasteiger partial charge in [0, 0.05) is 55.9 Å². The largest absolute Gasteiger partial charge is 0.457 e. The van der Waals surface area contributed by atoms with Crippen molar-refractivity contribution in [3.63, 3.8) is 0 Å². The minimum absolute atomic E-state index is 0.0415. The van der Waals surface area contributed by atoms with E-state index < -0.39 is 95.5 Å². The van der Waals surface area contributed by atoms with E-state index in [2.05, 4.69) is 0 Å². The Bertz CT molecular complexity index is 5100. The molecule has 26 nitrogen and oxygen atoms in total. The van der Waals surface area contributed by atoms with Crippen LogP contribution in [0.2, 0.25) is 0 Å². The molecule has 0 atom stereocenters. The molecule has 0 bridgehead atoms. The molecule has 2 aliphatic heterocycles. The monoisotopic (exact) mass is 1400 g/mol. The second kappa shape index (κ2) is 24.5. The molecule has 0 fully saturated rings. The van der Waals surface area contributed by atoms with Gasteiger partial charge >= 0.3 is 0 Å². The Morgan fingerprint density at radius 1 is 0.327 bits per heavy atom.